The van der Waals surface area contributed by atoms with Crippen molar-refractivity contribution >= 4 is 11.5 Å². The number of nitrogen functional groups attached to an aromatic ring is 1. The molecule has 0 amide bonds. The van der Waals surface area contributed by atoms with Crippen LogP contribution in [0.5, 0.6) is 11.5 Å². The second kappa shape index (κ2) is 4.84. The van der Waals surface area contributed by atoms with Crippen molar-refractivity contribution in [1.29, 1.82) is 0 Å². The molecule has 0 aliphatic carbocycles. The number of hydrogen-bond acceptors (Lipinski definition) is 4. The topological polar surface area (TPSA) is 66.5 Å². The quantitative estimate of drug-likeness (QED) is 0.862. The van der Waals surface area contributed by atoms with Gasteiger partial charge in [0.05, 0.1) is 16.9 Å². The molecule has 1 aliphatic rings. The molecule has 5 nitrogen and oxygen atoms in total. The summed E-state index contributed by atoms with van der Waals surface area (Å²) in [6.45, 7) is 4.53. The lowest BCUT2D eigenvalue weighted by molar-refractivity contribution is 0.101. The molecule has 0 bridgehead atoms. The Morgan fingerprint density at radius 2 is 1.90 bits per heavy atom. The fourth-order valence-corrected chi connectivity index (χ4v) is 2.81. The maximum Gasteiger partial charge on any atom is 0.163 e. The third-order valence-corrected chi connectivity index (χ3v) is 3.89. The van der Waals surface area contributed by atoms with Gasteiger partial charge in [0.2, 0.25) is 0 Å². The summed E-state index contributed by atoms with van der Waals surface area (Å²) in [5, 5.41) is 0. The first-order valence-electron chi connectivity index (χ1n) is 6.86. The van der Waals surface area contributed by atoms with Crippen LogP contribution in [-0.4, -0.2) is 23.6 Å². The lowest BCUT2D eigenvalue weighted by Gasteiger charge is -2.19. The molecule has 1 aromatic heterocycles. The number of Topliss-reactive ketones (excluding diaryl/α,β-unsaturated/α-hetero) is 1. The van der Waals surface area contributed by atoms with Crippen LogP contribution in [-0.2, 0) is 7.05 Å². The van der Waals surface area contributed by atoms with Crippen molar-refractivity contribution in [3.05, 3.63) is 29.5 Å². The Balaban J connectivity index is 2.17. The number of nitrogens with zero attached hydrogens (tertiary/aromatic N) is 1. The Bertz CT molecular complexity index is 732. The van der Waals surface area contributed by atoms with E-state index in [-0.39, 0.29) is 5.78 Å². The van der Waals surface area contributed by atoms with E-state index >= 15 is 0 Å². The number of rotatable bonds is 2. The molecule has 1 aliphatic heterocycles. The van der Waals surface area contributed by atoms with Gasteiger partial charge >= 0.3 is 0 Å². The Labute approximate surface area is 123 Å². The molecule has 0 saturated carbocycles. The van der Waals surface area contributed by atoms with Gasteiger partial charge in [0.25, 0.3) is 0 Å². The molecule has 0 saturated heterocycles. The number of benzene rings is 1. The first kappa shape index (κ1) is 13.5. The Hall–Kier alpha value is -2.43. The minimum atomic E-state index is -0.0237. The van der Waals surface area contributed by atoms with Crippen LogP contribution in [0.2, 0.25) is 0 Å². The van der Waals surface area contributed by atoms with Crippen molar-refractivity contribution in [2.45, 2.75) is 13.8 Å². The number of aromatic nitrogens is 1. The first-order valence-corrected chi connectivity index (χ1v) is 6.86. The number of ether oxygens (including phenoxy) is 2. The molecule has 1 aromatic carbocycles. The third kappa shape index (κ3) is 2.05. The molecule has 2 heterocycles. The zero-order chi connectivity index (χ0) is 15.1. The van der Waals surface area contributed by atoms with E-state index in [1.807, 2.05) is 36.7 Å². The number of carbonyl (C=O) groups is 1. The third-order valence-electron chi connectivity index (χ3n) is 3.89. The maximum atomic E-state index is 11.8. The van der Waals surface area contributed by atoms with E-state index in [1.165, 1.54) is 6.92 Å². The smallest absolute Gasteiger partial charge is 0.163 e. The molecule has 0 atom stereocenters. The molecule has 0 unspecified atom stereocenters. The fraction of sp³-hybridized carbons (Fsp3) is 0.312. The Morgan fingerprint density at radius 1 is 1.24 bits per heavy atom. The molecule has 3 rings (SSSR count). The summed E-state index contributed by atoms with van der Waals surface area (Å²) in [6, 6.07) is 5.71. The van der Waals surface area contributed by atoms with Crippen LogP contribution >= 0.6 is 0 Å². The predicted octanol–water partition coefficient (Wildman–Crippen LogP) is 2.56. The molecule has 0 radical (unpaired) electrons. The molecular weight excluding hydrogens is 268 g/mol. The van der Waals surface area contributed by atoms with Gasteiger partial charge in [0.1, 0.15) is 13.2 Å². The molecule has 110 valence electrons. The van der Waals surface area contributed by atoms with Crippen LogP contribution in [0.15, 0.2) is 18.2 Å². The van der Waals surface area contributed by atoms with Gasteiger partial charge in [-0.1, -0.05) is 0 Å². The number of carbonyl (C=O) groups excluding carboxylic acids is 1. The van der Waals surface area contributed by atoms with Crippen LogP contribution in [0.3, 0.4) is 0 Å². The maximum absolute atomic E-state index is 11.8. The van der Waals surface area contributed by atoms with E-state index in [1.54, 1.807) is 0 Å². The highest BCUT2D eigenvalue weighted by molar-refractivity contribution is 6.04. The molecule has 5 heteroatoms. The van der Waals surface area contributed by atoms with Gasteiger partial charge in [0.15, 0.2) is 17.3 Å². The summed E-state index contributed by atoms with van der Waals surface area (Å²) in [6.07, 6.45) is 0. The summed E-state index contributed by atoms with van der Waals surface area (Å²) in [4.78, 5) is 11.8. The van der Waals surface area contributed by atoms with Crippen LogP contribution < -0.4 is 15.2 Å². The lowest BCUT2D eigenvalue weighted by atomic mass is 10.1. The molecule has 21 heavy (non-hydrogen) atoms. The summed E-state index contributed by atoms with van der Waals surface area (Å²) in [5.41, 5.74) is 9.90. The van der Waals surface area contributed by atoms with Crippen molar-refractivity contribution in [3.63, 3.8) is 0 Å². The number of anilines is 1. The molecular formula is C16H18N2O3. The highest BCUT2D eigenvalue weighted by Crippen LogP contribution is 2.38. The number of nitrogens with two attached hydrogens (primary N) is 1. The van der Waals surface area contributed by atoms with E-state index < -0.39 is 0 Å². The van der Waals surface area contributed by atoms with E-state index in [0.29, 0.717) is 30.2 Å². The number of ketones is 1. The van der Waals surface area contributed by atoms with Crippen LogP contribution in [0.4, 0.5) is 5.69 Å². The van der Waals surface area contributed by atoms with Gasteiger partial charge < -0.3 is 19.8 Å². The second-order valence-corrected chi connectivity index (χ2v) is 5.20. The zero-order valence-corrected chi connectivity index (χ0v) is 12.4. The van der Waals surface area contributed by atoms with Gasteiger partial charge in [-0.15, -0.1) is 0 Å². The van der Waals surface area contributed by atoms with E-state index in [0.717, 1.165) is 22.7 Å². The van der Waals surface area contributed by atoms with Crippen molar-refractivity contribution in [1.82, 2.24) is 4.57 Å². The van der Waals surface area contributed by atoms with Crippen LogP contribution in [0.1, 0.15) is 23.0 Å². The molecule has 2 aromatic rings. The lowest BCUT2D eigenvalue weighted by Crippen LogP contribution is -2.15. The zero-order valence-electron chi connectivity index (χ0n) is 12.4. The average molecular weight is 286 g/mol. The highest BCUT2D eigenvalue weighted by Gasteiger charge is 2.22. The number of hydrogen-bond donors (Lipinski definition) is 1. The number of fused-ring (bicyclic) bond motifs is 1. The summed E-state index contributed by atoms with van der Waals surface area (Å²) in [7, 11) is 1.91. The SMILES string of the molecule is CC(=O)c1c(N)c(-c2ccc3c(c2)OCCO3)n(C)c1C. The van der Waals surface area contributed by atoms with E-state index in [4.69, 9.17) is 15.2 Å². The van der Waals surface area contributed by atoms with Crippen molar-refractivity contribution in [2.75, 3.05) is 18.9 Å². The average Bonchev–Trinajstić information content (AvgIpc) is 2.68. The van der Waals surface area contributed by atoms with Crippen LogP contribution in [0, 0.1) is 6.92 Å². The normalized spacial score (nSPS) is 13.3. The molecule has 2 N–H and O–H groups in total. The van der Waals surface area contributed by atoms with Crippen molar-refractivity contribution in [3.8, 4) is 22.8 Å². The van der Waals surface area contributed by atoms with E-state index in [2.05, 4.69) is 0 Å². The molecule has 0 spiro atoms. The second-order valence-electron chi connectivity index (χ2n) is 5.20. The van der Waals surface area contributed by atoms with Crippen LogP contribution in [0.25, 0.3) is 11.3 Å². The Morgan fingerprint density at radius 3 is 2.52 bits per heavy atom. The van der Waals surface area contributed by atoms with E-state index in [9.17, 15) is 4.79 Å². The minimum Gasteiger partial charge on any atom is -0.486 e. The fourth-order valence-electron chi connectivity index (χ4n) is 2.81. The summed E-state index contributed by atoms with van der Waals surface area (Å²) < 4.78 is 13.1. The standard InChI is InChI=1S/C16H18N2O3/c1-9-14(10(2)19)15(17)16(18(9)3)11-4-5-12-13(8-11)21-7-6-20-12/h4-5,8H,6-7,17H2,1-3H3. The van der Waals surface area contributed by atoms with Gasteiger partial charge in [-0.3, -0.25) is 4.79 Å². The largest absolute Gasteiger partial charge is 0.486 e. The minimum absolute atomic E-state index is 0.0237. The predicted molar refractivity (Wildman–Crippen MR) is 81.0 cm³/mol. The molecule has 0 fully saturated rings. The van der Waals surface area contributed by atoms with Crippen molar-refractivity contribution < 1.29 is 14.3 Å². The first-order chi connectivity index (χ1) is 10.0. The Kier molecular flexibility index (Phi) is 3.12. The summed E-state index contributed by atoms with van der Waals surface area (Å²) >= 11 is 0. The highest BCUT2D eigenvalue weighted by atomic mass is 16.6. The van der Waals surface area contributed by atoms with Gasteiger partial charge in [-0.25, -0.2) is 0 Å². The monoisotopic (exact) mass is 286 g/mol. The van der Waals surface area contributed by atoms with Gasteiger partial charge in [-0.05, 0) is 32.0 Å². The van der Waals surface area contributed by atoms with Gasteiger partial charge in [-0.2, -0.15) is 0 Å². The van der Waals surface area contributed by atoms with Crippen molar-refractivity contribution in [2.24, 2.45) is 7.05 Å². The summed E-state index contributed by atoms with van der Waals surface area (Å²) in [5.74, 6) is 1.42. The van der Waals surface area contributed by atoms with Gasteiger partial charge in [0, 0.05) is 18.3 Å².